The second-order valence-electron chi connectivity index (χ2n) is 4.88. The molecule has 0 spiro atoms. The van der Waals surface area contributed by atoms with Gasteiger partial charge in [0.2, 0.25) is 0 Å². The molecule has 0 heterocycles. The summed E-state index contributed by atoms with van der Waals surface area (Å²) in [5.41, 5.74) is 2.09. The molecule has 0 aliphatic carbocycles. The lowest BCUT2D eigenvalue weighted by molar-refractivity contribution is 0.101. The highest BCUT2D eigenvalue weighted by atomic mass is 16.1. The van der Waals surface area contributed by atoms with Crippen LogP contribution in [0.2, 0.25) is 0 Å². The highest BCUT2D eigenvalue weighted by molar-refractivity contribution is 5.94. The van der Waals surface area contributed by atoms with E-state index in [1.165, 1.54) is 0 Å². The summed E-state index contributed by atoms with van der Waals surface area (Å²) in [4.78, 5) is 11.1. The van der Waals surface area contributed by atoms with Crippen LogP contribution in [0.3, 0.4) is 0 Å². The fourth-order valence-corrected chi connectivity index (χ4v) is 1.18. The van der Waals surface area contributed by atoms with Gasteiger partial charge in [-0.25, -0.2) is 0 Å². The largest absolute Gasteiger partial charge is 0.295 e. The molecule has 0 bridgehead atoms. The molecule has 0 aromatic heterocycles. The molecule has 0 aliphatic heterocycles. The van der Waals surface area contributed by atoms with Gasteiger partial charge in [0.1, 0.15) is 0 Å². The van der Waals surface area contributed by atoms with E-state index < -0.39 is 0 Å². The minimum atomic E-state index is 0.112. The number of benzene rings is 1. The van der Waals surface area contributed by atoms with E-state index in [0.29, 0.717) is 0 Å². The van der Waals surface area contributed by atoms with Gasteiger partial charge in [0.05, 0.1) is 0 Å². The fraction of sp³-hybridized carbons (Fsp3) is 0.357. The maximum absolute atomic E-state index is 11.1. The van der Waals surface area contributed by atoms with Crippen molar-refractivity contribution in [3.63, 3.8) is 0 Å². The Hall–Kier alpha value is -1.37. The Balaban J connectivity index is 2.82. The van der Waals surface area contributed by atoms with Gasteiger partial charge >= 0.3 is 0 Å². The van der Waals surface area contributed by atoms with E-state index in [9.17, 15) is 4.79 Å². The molecule has 0 radical (unpaired) electrons. The highest BCUT2D eigenvalue weighted by Crippen LogP contribution is 2.17. The smallest absolute Gasteiger partial charge is 0.159 e. The Morgan fingerprint density at radius 3 is 2.07 bits per heavy atom. The van der Waals surface area contributed by atoms with Crippen LogP contribution < -0.4 is 0 Å². The maximum atomic E-state index is 11.1. The normalized spacial score (nSPS) is 12.0. The van der Waals surface area contributed by atoms with Gasteiger partial charge in [-0.15, -0.1) is 0 Å². The van der Waals surface area contributed by atoms with Crippen LogP contribution in [0.15, 0.2) is 30.3 Å². The zero-order valence-electron chi connectivity index (χ0n) is 9.87. The van der Waals surface area contributed by atoms with E-state index >= 15 is 0 Å². The average molecular weight is 202 g/mol. The van der Waals surface area contributed by atoms with Gasteiger partial charge in [0.25, 0.3) is 0 Å². The molecule has 0 aliphatic rings. The van der Waals surface area contributed by atoms with Crippen molar-refractivity contribution in [1.82, 2.24) is 0 Å². The lowest BCUT2D eigenvalue weighted by Gasteiger charge is -2.10. The Bertz CT molecular complexity index is 363. The molecule has 0 unspecified atom stereocenters. The molecule has 1 heteroatoms. The van der Waals surface area contributed by atoms with E-state index in [2.05, 4.69) is 32.9 Å². The van der Waals surface area contributed by atoms with Gasteiger partial charge in [-0.1, -0.05) is 57.2 Å². The highest BCUT2D eigenvalue weighted by Gasteiger charge is 2.03. The summed E-state index contributed by atoms with van der Waals surface area (Å²) in [5, 5.41) is 0. The maximum Gasteiger partial charge on any atom is 0.159 e. The van der Waals surface area contributed by atoms with Gasteiger partial charge in [-0.05, 0) is 17.9 Å². The zero-order chi connectivity index (χ0) is 11.5. The molecular weight excluding hydrogens is 184 g/mol. The number of Topliss-reactive ketones (excluding diaryl/α,β-unsaturated/α-hetero) is 1. The molecule has 1 aromatic rings. The monoisotopic (exact) mass is 202 g/mol. The van der Waals surface area contributed by atoms with Gasteiger partial charge in [-0.2, -0.15) is 0 Å². The SMILES string of the molecule is CC(=O)c1ccc(/C=C/C(C)(C)C)cc1. The van der Waals surface area contributed by atoms with E-state index in [-0.39, 0.29) is 11.2 Å². The Labute approximate surface area is 91.8 Å². The molecule has 80 valence electrons. The molecular formula is C14H18O. The first-order chi connectivity index (χ1) is 6.88. The van der Waals surface area contributed by atoms with Crippen LogP contribution in [0.5, 0.6) is 0 Å². The standard InChI is InChI=1S/C14H18O/c1-11(15)13-7-5-12(6-8-13)9-10-14(2,3)4/h5-10H,1-4H3/b10-9+. The van der Waals surface area contributed by atoms with Crippen molar-refractivity contribution < 1.29 is 4.79 Å². The molecule has 0 saturated heterocycles. The Kier molecular flexibility index (Phi) is 3.46. The number of hydrogen-bond acceptors (Lipinski definition) is 1. The van der Waals surface area contributed by atoms with Gasteiger partial charge in [0.15, 0.2) is 5.78 Å². The Morgan fingerprint density at radius 2 is 1.67 bits per heavy atom. The summed E-state index contributed by atoms with van der Waals surface area (Å²) in [7, 11) is 0. The summed E-state index contributed by atoms with van der Waals surface area (Å²) in [6.45, 7) is 8.06. The first kappa shape index (κ1) is 11.7. The molecule has 1 rings (SSSR count). The number of carbonyl (C=O) groups excluding carboxylic acids is 1. The van der Waals surface area contributed by atoms with Gasteiger partial charge in [0, 0.05) is 5.56 Å². The molecule has 0 saturated carbocycles. The fourth-order valence-electron chi connectivity index (χ4n) is 1.18. The lowest BCUT2D eigenvalue weighted by atomic mass is 9.95. The van der Waals surface area contributed by atoms with E-state index in [1.807, 2.05) is 24.3 Å². The third-order valence-electron chi connectivity index (χ3n) is 2.09. The van der Waals surface area contributed by atoms with Crippen LogP contribution in [0.4, 0.5) is 0 Å². The van der Waals surface area contributed by atoms with Crippen molar-refractivity contribution >= 4 is 11.9 Å². The summed E-state index contributed by atoms with van der Waals surface area (Å²) in [6.07, 6.45) is 4.25. The zero-order valence-corrected chi connectivity index (χ0v) is 9.87. The van der Waals surface area contributed by atoms with Crippen molar-refractivity contribution in [3.8, 4) is 0 Å². The summed E-state index contributed by atoms with van der Waals surface area (Å²) in [5.74, 6) is 0.112. The van der Waals surface area contributed by atoms with Crippen LogP contribution in [0.1, 0.15) is 43.6 Å². The first-order valence-corrected chi connectivity index (χ1v) is 5.19. The third-order valence-corrected chi connectivity index (χ3v) is 2.09. The number of hydrogen-bond donors (Lipinski definition) is 0. The number of allylic oxidation sites excluding steroid dienone is 1. The minimum absolute atomic E-state index is 0.112. The summed E-state index contributed by atoms with van der Waals surface area (Å²) < 4.78 is 0. The predicted molar refractivity (Wildman–Crippen MR) is 64.9 cm³/mol. The minimum Gasteiger partial charge on any atom is -0.295 e. The number of ketones is 1. The van der Waals surface area contributed by atoms with Crippen LogP contribution in [-0.2, 0) is 0 Å². The first-order valence-electron chi connectivity index (χ1n) is 5.19. The van der Waals surface area contributed by atoms with Crippen LogP contribution in [0, 0.1) is 5.41 Å². The number of carbonyl (C=O) groups is 1. The Morgan fingerprint density at radius 1 is 1.13 bits per heavy atom. The van der Waals surface area contributed by atoms with Crippen molar-refractivity contribution in [3.05, 3.63) is 41.5 Å². The molecule has 15 heavy (non-hydrogen) atoms. The topological polar surface area (TPSA) is 17.1 Å². The quantitative estimate of drug-likeness (QED) is 0.664. The second kappa shape index (κ2) is 4.43. The van der Waals surface area contributed by atoms with E-state index in [4.69, 9.17) is 0 Å². The van der Waals surface area contributed by atoms with Crippen LogP contribution in [0.25, 0.3) is 6.08 Å². The third kappa shape index (κ3) is 4.11. The molecule has 0 amide bonds. The van der Waals surface area contributed by atoms with Crippen LogP contribution >= 0.6 is 0 Å². The molecule has 1 aromatic carbocycles. The van der Waals surface area contributed by atoms with E-state index in [1.54, 1.807) is 6.92 Å². The lowest BCUT2D eigenvalue weighted by Crippen LogP contribution is -1.98. The van der Waals surface area contributed by atoms with Crippen molar-refractivity contribution in [2.24, 2.45) is 5.41 Å². The summed E-state index contributed by atoms with van der Waals surface area (Å²) >= 11 is 0. The van der Waals surface area contributed by atoms with Gasteiger partial charge in [-0.3, -0.25) is 4.79 Å². The average Bonchev–Trinajstić information content (AvgIpc) is 2.14. The second-order valence-corrected chi connectivity index (χ2v) is 4.88. The molecule has 1 nitrogen and oxygen atoms in total. The molecule has 0 fully saturated rings. The van der Waals surface area contributed by atoms with Crippen molar-refractivity contribution in [1.29, 1.82) is 0 Å². The van der Waals surface area contributed by atoms with Crippen LogP contribution in [-0.4, -0.2) is 5.78 Å². The van der Waals surface area contributed by atoms with E-state index in [0.717, 1.165) is 11.1 Å². The van der Waals surface area contributed by atoms with Crippen molar-refractivity contribution in [2.75, 3.05) is 0 Å². The predicted octanol–water partition coefficient (Wildman–Crippen LogP) is 3.95. The molecule has 0 N–H and O–H groups in total. The van der Waals surface area contributed by atoms with Gasteiger partial charge < -0.3 is 0 Å². The number of rotatable bonds is 2. The van der Waals surface area contributed by atoms with Crippen molar-refractivity contribution in [2.45, 2.75) is 27.7 Å². The molecule has 0 atom stereocenters. The summed E-state index contributed by atoms with van der Waals surface area (Å²) in [6, 6.07) is 7.67.